The lowest BCUT2D eigenvalue weighted by Gasteiger charge is -2.15. The number of rotatable bonds is 7. The summed E-state index contributed by atoms with van der Waals surface area (Å²) in [4.78, 5) is 21.5. The molecule has 0 saturated heterocycles. The molecule has 0 fully saturated rings. The number of aromatic nitrogens is 4. The minimum Gasteiger partial charge on any atom is -0.425 e. The predicted molar refractivity (Wildman–Crippen MR) is 109 cm³/mol. The molecule has 0 atom stereocenters. The molecule has 4 aromatic rings. The van der Waals surface area contributed by atoms with Crippen LogP contribution in [0.2, 0.25) is 0 Å². The van der Waals surface area contributed by atoms with Gasteiger partial charge in [0.2, 0.25) is 17.7 Å². The highest BCUT2D eigenvalue weighted by Crippen LogP contribution is 2.15. The first-order valence-corrected chi connectivity index (χ1v) is 9.71. The number of nitrogens with one attached hydrogen (secondary N) is 1. The third-order valence-electron chi connectivity index (χ3n) is 4.80. The summed E-state index contributed by atoms with van der Waals surface area (Å²) >= 11 is 0. The van der Waals surface area contributed by atoms with Crippen LogP contribution in [0.25, 0.3) is 11.0 Å². The van der Waals surface area contributed by atoms with Crippen molar-refractivity contribution in [2.24, 2.45) is 0 Å². The van der Waals surface area contributed by atoms with Gasteiger partial charge in [0.1, 0.15) is 11.6 Å². The Labute approximate surface area is 172 Å². The number of fused-ring (bicyclic) bond motifs is 1. The number of imidazole rings is 1. The highest BCUT2D eigenvalue weighted by atomic mass is 19.1. The number of amides is 1. The Morgan fingerprint density at radius 1 is 1.17 bits per heavy atom. The lowest BCUT2D eigenvalue weighted by Crippen LogP contribution is -2.26. The van der Waals surface area contributed by atoms with Crippen LogP contribution in [0.15, 0.2) is 46.9 Å². The molecular weight excluding hydrogens is 385 g/mol. The van der Waals surface area contributed by atoms with Gasteiger partial charge >= 0.3 is 0 Å². The van der Waals surface area contributed by atoms with E-state index in [1.54, 1.807) is 18.0 Å². The van der Waals surface area contributed by atoms with Crippen molar-refractivity contribution in [2.75, 3.05) is 7.05 Å². The Morgan fingerprint density at radius 2 is 2.00 bits per heavy atom. The summed E-state index contributed by atoms with van der Waals surface area (Å²) in [5, 5.41) is 8.12. The van der Waals surface area contributed by atoms with Gasteiger partial charge < -0.3 is 14.3 Å². The van der Waals surface area contributed by atoms with Crippen molar-refractivity contribution in [2.45, 2.75) is 32.7 Å². The van der Waals surface area contributed by atoms with E-state index in [0.717, 1.165) is 5.56 Å². The zero-order valence-corrected chi connectivity index (χ0v) is 16.9. The molecule has 0 spiro atoms. The van der Waals surface area contributed by atoms with Crippen molar-refractivity contribution >= 4 is 16.9 Å². The molecule has 2 aromatic carbocycles. The fourth-order valence-electron chi connectivity index (χ4n) is 3.28. The first-order chi connectivity index (χ1) is 14.5. The van der Waals surface area contributed by atoms with Crippen LogP contribution < -0.4 is 0 Å². The second-order valence-corrected chi connectivity index (χ2v) is 7.35. The van der Waals surface area contributed by atoms with Crippen LogP contribution in [0.3, 0.4) is 0 Å². The summed E-state index contributed by atoms with van der Waals surface area (Å²) in [6.07, 6.45) is 1.18. The lowest BCUT2D eigenvalue weighted by atomic mass is 10.1. The molecule has 2 aromatic heterocycles. The minimum absolute atomic E-state index is 0.0694. The fraction of sp³-hybridized carbons (Fsp3) is 0.273. The van der Waals surface area contributed by atoms with Gasteiger partial charge in [-0.05, 0) is 30.7 Å². The normalized spacial score (nSPS) is 11.2. The Hall–Kier alpha value is -3.55. The average molecular weight is 407 g/mol. The van der Waals surface area contributed by atoms with Gasteiger partial charge in [0, 0.05) is 19.9 Å². The van der Waals surface area contributed by atoms with Gasteiger partial charge in [0.15, 0.2) is 0 Å². The highest BCUT2D eigenvalue weighted by molar-refractivity contribution is 5.77. The molecule has 0 radical (unpaired) electrons. The number of carbonyl (C=O) groups excluding carboxylic acids is 1. The Morgan fingerprint density at radius 3 is 2.83 bits per heavy atom. The lowest BCUT2D eigenvalue weighted by molar-refractivity contribution is -0.130. The molecule has 2 heterocycles. The van der Waals surface area contributed by atoms with E-state index in [1.165, 1.54) is 17.7 Å². The second-order valence-electron chi connectivity index (χ2n) is 7.35. The highest BCUT2D eigenvalue weighted by Gasteiger charge is 2.15. The van der Waals surface area contributed by atoms with E-state index in [0.29, 0.717) is 48.0 Å². The standard InChI is InChI=1S/C22H22FN5O2/c1-14-4-3-5-15(10-14)11-21-27-26-20(30-21)8-9-22(29)28(2)13-19-24-17-7-6-16(23)12-18(17)25-19/h3-7,10,12H,8-9,11,13H2,1-2H3,(H,24,25). The molecule has 154 valence electrons. The smallest absolute Gasteiger partial charge is 0.223 e. The van der Waals surface area contributed by atoms with E-state index in [2.05, 4.69) is 26.2 Å². The Bertz CT molecular complexity index is 1180. The number of hydrogen-bond donors (Lipinski definition) is 1. The van der Waals surface area contributed by atoms with Crippen molar-refractivity contribution in [1.82, 2.24) is 25.1 Å². The van der Waals surface area contributed by atoms with Crippen LogP contribution in [-0.4, -0.2) is 38.0 Å². The summed E-state index contributed by atoms with van der Waals surface area (Å²) in [5.74, 6) is 1.18. The topological polar surface area (TPSA) is 87.9 Å². The molecule has 0 aliphatic rings. The maximum absolute atomic E-state index is 13.3. The summed E-state index contributed by atoms with van der Waals surface area (Å²) in [6, 6.07) is 12.5. The molecule has 8 heteroatoms. The summed E-state index contributed by atoms with van der Waals surface area (Å²) in [5.41, 5.74) is 3.55. The number of benzene rings is 2. The van der Waals surface area contributed by atoms with Crippen LogP contribution in [-0.2, 0) is 24.2 Å². The fourth-order valence-corrected chi connectivity index (χ4v) is 3.28. The molecule has 4 rings (SSSR count). The number of hydrogen-bond acceptors (Lipinski definition) is 5. The maximum atomic E-state index is 13.3. The number of halogens is 1. The summed E-state index contributed by atoms with van der Waals surface area (Å²) in [7, 11) is 1.70. The van der Waals surface area contributed by atoms with Crippen molar-refractivity contribution < 1.29 is 13.6 Å². The predicted octanol–water partition coefficient (Wildman–Crippen LogP) is 3.58. The second kappa shape index (κ2) is 8.44. The van der Waals surface area contributed by atoms with Gasteiger partial charge in [-0.3, -0.25) is 4.79 Å². The van der Waals surface area contributed by atoms with Gasteiger partial charge in [0.05, 0.1) is 24.0 Å². The summed E-state index contributed by atoms with van der Waals surface area (Å²) < 4.78 is 19.0. The zero-order chi connectivity index (χ0) is 21.1. The maximum Gasteiger partial charge on any atom is 0.223 e. The van der Waals surface area contributed by atoms with Crippen molar-refractivity contribution in [1.29, 1.82) is 0 Å². The number of aromatic amines is 1. The van der Waals surface area contributed by atoms with Gasteiger partial charge in [-0.25, -0.2) is 9.37 Å². The first kappa shape index (κ1) is 19.8. The number of aryl methyl sites for hydroxylation is 2. The molecule has 0 bridgehead atoms. The van der Waals surface area contributed by atoms with Crippen molar-refractivity contribution in [3.63, 3.8) is 0 Å². The van der Waals surface area contributed by atoms with Crippen LogP contribution in [0, 0.1) is 12.7 Å². The van der Waals surface area contributed by atoms with E-state index in [1.807, 2.05) is 25.1 Å². The monoisotopic (exact) mass is 407 g/mol. The molecule has 0 saturated carbocycles. The average Bonchev–Trinajstić information content (AvgIpc) is 3.31. The van der Waals surface area contributed by atoms with Crippen molar-refractivity contribution in [3.8, 4) is 0 Å². The first-order valence-electron chi connectivity index (χ1n) is 9.71. The van der Waals surface area contributed by atoms with Crippen LogP contribution in [0.1, 0.15) is 35.2 Å². The van der Waals surface area contributed by atoms with Crippen molar-refractivity contribution in [3.05, 3.63) is 77.0 Å². The van der Waals surface area contributed by atoms with Crippen LogP contribution in [0.5, 0.6) is 0 Å². The molecule has 1 N–H and O–H groups in total. The quantitative estimate of drug-likeness (QED) is 0.506. The van der Waals surface area contributed by atoms with E-state index in [-0.39, 0.29) is 18.1 Å². The minimum atomic E-state index is -0.330. The third kappa shape index (κ3) is 4.71. The largest absolute Gasteiger partial charge is 0.425 e. The molecule has 30 heavy (non-hydrogen) atoms. The van der Waals surface area contributed by atoms with Gasteiger partial charge in [0.25, 0.3) is 0 Å². The van der Waals surface area contributed by atoms with Gasteiger partial charge in [-0.15, -0.1) is 10.2 Å². The van der Waals surface area contributed by atoms with E-state index < -0.39 is 0 Å². The van der Waals surface area contributed by atoms with E-state index in [9.17, 15) is 9.18 Å². The molecule has 7 nitrogen and oxygen atoms in total. The molecular formula is C22H22FN5O2. The van der Waals surface area contributed by atoms with Crippen LogP contribution in [0.4, 0.5) is 4.39 Å². The summed E-state index contributed by atoms with van der Waals surface area (Å²) in [6.45, 7) is 2.34. The SMILES string of the molecule is Cc1cccc(Cc2nnc(CCC(=O)N(C)Cc3nc4ccc(F)cc4[nH]3)o2)c1. The molecule has 1 amide bonds. The molecule has 0 aliphatic carbocycles. The number of carbonyl (C=O) groups is 1. The van der Waals surface area contributed by atoms with E-state index in [4.69, 9.17) is 4.42 Å². The number of nitrogens with zero attached hydrogens (tertiary/aromatic N) is 4. The van der Waals surface area contributed by atoms with Crippen LogP contribution >= 0.6 is 0 Å². The van der Waals surface area contributed by atoms with Gasteiger partial charge in [-0.1, -0.05) is 29.8 Å². The number of H-pyrrole nitrogens is 1. The third-order valence-corrected chi connectivity index (χ3v) is 4.80. The van der Waals surface area contributed by atoms with Gasteiger partial charge in [-0.2, -0.15) is 0 Å². The molecule has 0 aliphatic heterocycles. The van der Waals surface area contributed by atoms with E-state index >= 15 is 0 Å². The molecule has 0 unspecified atom stereocenters. The zero-order valence-electron chi connectivity index (χ0n) is 16.9. The Kier molecular flexibility index (Phi) is 5.56. The Balaban J connectivity index is 1.31.